The third-order valence-electron chi connectivity index (χ3n) is 2.22. The fraction of sp³-hybridized carbons (Fsp3) is 0.500. The zero-order valence-electron chi connectivity index (χ0n) is 8.86. The maximum absolute atomic E-state index is 12.6. The van der Waals surface area contributed by atoms with Crippen LogP contribution in [0.15, 0.2) is 18.2 Å². The summed E-state index contributed by atoms with van der Waals surface area (Å²) in [5.41, 5.74) is -0.274. The van der Waals surface area contributed by atoms with Crippen LogP contribution in [0.5, 0.6) is 0 Å². The largest absolute Gasteiger partial charge is 0.416 e. The van der Waals surface area contributed by atoms with Crippen molar-refractivity contribution in [3.63, 3.8) is 0 Å². The van der Waals surface area contributed by atoms with Gasteiger partial charge in [0.05, 0.1) is 5.56 Å². The minimum Gasteiger partial charge on any atom is -0.166 e. The summed E-state index contributed by atoms with van der Waals surface area (Å²) in [6.07, 6.45) is -3.07. The normalized spacial score (nSPS) is 12.1. The second-order valence-corrected chi connectivity index (χ2v) is 3.99. The zero-order chi connectivity index (χ0) is 11.5. The molecule has 0 atom stereocenters. The van der Waals surface area contributed by atoms with Gasteiger partial charge in [-0.05, 0) is 36.5 Å². The predicted molar refractivity (Wildman–Crippen MR) is 53.4 cm³/mol. The fourth-order valence-corrected chi connectivity index (χ4v) is 1.38. The highest BCUT2D eigenvalue weighted by atomic mass is 19.4. The molecule has 0 aliphatic carbocycles. The van der Waals surface area contributed by atoms with Gasteiger partial charge in [-0.3, -0.25) is 0 Å². The van der Waals surface area contributed by atoms with Crippen LogP contribution in [-0.4, -0.2) is 0 Å². The second kappa shape index (κ2) is 4.69. The highest BCUT2D eigenvalue weighted by Crippen LogP contribution is 2.32. The molecule has 83 valence electrons. The van der Waals surface area contributed by atoms with Crippen LogP contribution in [0.3, 0.4) is 0 Å². The Kier molecular flexibility index (Phi) is 3.77. The standard InChI is InChI=1S/C12H14F3/c1-9(2)7-8-10-5-3-4-6-11(10)12(13,14)15/h3-4,6,9H,7-8H2,1-2H3. The van der Waals surface area contributed by atoms with Crippen molar-refractivity contribution in [1.29, 1.82) is 0 Å². The van der Waals surface area contributed by atoms with Gasteiger partial charge in [-0.1, -0.05) is 26.0 Å². The quantitative estimate of drug-likeness (QED) is 0.712. The Hall–Kier alpha value is -0.990. The molecule has 0 aliphatic rings. The average molecular weight is 215 g/mol. The van der Waals surface area contributed by atoms with Crippen LogP contribution in [0.4, 0.5) is 13.2 Å². The predicted octanol–water partition coefficient (Wildman–Crippen LogP) is 4.09. The molecule has 0 spiro atoms. The molecule has 0 unspecified atom stereocenters. The van der Waals surface area contributed by atoms with Gasteiger partial charge in [0, 0.05) is 0 Å². The first-order valence-electron chi connectivity index (χ1n) is 4.98. The monoisotopic (exact) mass is 215 g/mol. The molecule has 0 bridgehead atoms. The van der Waals surface area contributed by atoms with E-state index in [1.165, 1.54) is 12.1 Å². The summed E-state index contributed by atoms with van der Waals surface area (Å²) in [5.74, 6) is 0.402. The summed E-state index contributed by atoms with van der Waals surface area (Å²) >= 11 is 0. The molecule has 0 heterocycles. The van der Waals surface area contributed by atoms with Crippen molar-refractivity contribution in [3.8, 4) is 0 Å². The topological polar surface area (TPSA) is 0 Å². The molecule has 15 heavy (non-hydrogen) atoms. The maximum Gasteiger partial charge on any atom is 0.416 e. The van der Waals surface area contributed by atoms with E-state index in [1.807, 2.05) is 13.8 Å². The van der Waals surface area contributed by atoms with Crippen molar-refractivity contribution < 1.29 is 13.2 Å². The van der Waals surface area contributed by atoms with E-state index in [1.54, 1.807) is 0 Å². The SMILES string of the molecule is CC(C)CCc1[c]cccc1C(F)(F)F. The number of hydrogen-bond donors (Lipinski definition) is 0. The van der Waals surface area contributed by atoms with Crippen LogP contribution >= 0.6 is 0 Å². The molecule has 1 aromatic carbocycles. The summed E-state index contributed by atoms with van der Waals surface area (Å²) in [4.78, 5) is 0. The highest BCUT2D eigenvalue weighted by molar-refractivity contribution is 5.28. The van der Waals surface area contributed by atoms with Crippen molar-refractivity contribution in [3.05, 3.63) is 35.4 Å². The van der Waals surface area contributed by atoms with Gasteiger partial charge in [0.15, 0.2) is 0 Å². The smallest absolute Gasteiger partial charge is 0.166 e. The van der Waals surface area contributed by atoms with Crippen molar-refractivity contribution >= 4 is 0 Å². The lowest BCUT2D eigenvalue weighted by molar-refractivity contribution is -0.138. The van der Waals surface area contributed by atoms with E-state index in [4.69, 9.17) is 0 Å². The third-order valence-corrected chi connectivity index (χ3v) is 2.22. The van der Waals surface area contributed by atoms with E-state index in [9.17, 15) is 13.2 Å². The lowest BCUT2D eigenvalue weighted by Gasteiger charge is -2.12. The van der Waals surface area contributed by atoms with Gasteiger partial charge in [0.2, 0.25) is 0 Å². The van der Waals surface area contributed by atoms with E-state index in [0.717, 1.165) is 12.5 Å². The van der Waals surface area contributed by atoms with Crippen LogP contribution in [0.25, 0.3) is 0 Å². The molecule has 0 nitrogen and oxygen atoms in total. The Morgan fingerprint density at radius 1 is 1.33 bits per heavy atom. The van der Waals surface area contributed by atoms with Crippen LogP contribution in [0, 0.1) is 12.0 Å². The molecule has 0 N–H and O–H groups in total. The minimum atomic E-state index is -4.26. The molecule has 0 aliphatic heterocycles. The molecular weight excluding hydrogens is 201 g/mol. The Morgan fingerprint density at radius 2 is 2.00 bits per heavy atom. The zero-order valence-corrected chi connectivity index (χ0v) is 8.86. The van der Waals surface area contributed by atoms with Gasteiger partial charge in [-0.25, -0.2) is 0 Å². The number of halogens is 3. The molecule has 0 saturated heterocycles. The molecule has 0 amide bonds. The van der Waals surface area contributed by atoms with Gasteiger partial charge in [0.1, 0.15) is 0 Å². The van der Waals surface area contributed by atoms with Crippen LogP contribution in [0.1, 0.15) is 31.4 Å². The highest BCUT2D eigenvalue weighted by Gasteiger charge is 2.32. The van der Waals surface area contributed by atoms with Gasteiger partial charge in [-0.2, -0.15) is 13.2 Å². The fourth-order valence-electron chi connectivity index (χ4n) is 1.38. The van der Waals surface area contributed by atoms with Crippen molar-refractivity contribution in [2.75, 3.05) is 0 Å². The van der Waals surface area contributed by atoms with E-state index >= 15 is 0 Å². The summed E-state index contributed by atoms with van der Waals surface area (Å²) in [7, 11) is 0. The summed E-state index contributed by atoms with van der Waals surface area (Å²) in [5, 5.41) is 0. The number of alkyl halides is 3. The maximum atomic E-state index is 12.6. The van der Waals surface area contributed by atoms with Crippen LogP contribution in [0.2, 0.25) is 0 Å². The lowest BCUT2D eigenvalue weighted by Crippen LogP contribution is -2.09. The van der Waals surface area contributed by atoms with Gasteiger partial charge < -0.3 is 0 Å². The number of aryl methyl sites for hydroxylation is 1. The average Bonchev–Trinajstić information content (AvgIpc) is 2.13. The van der Waals surface area contributed by atoms with Crippen molar-refractivity contribution in [1.82, 2.24) is 0 Å². The summed E-state index contributed by atoms with van der Waals surface area (Å²) < 4.78 is 37.7. The molecule has 0 fully saturated rings. The Labute approximate surface area is 88.1 Å². The number of rotatable bonds is 3. The molecule has 1 rings (SSSR count). The molecular formula is C12H14F3. The first kappa shape index (κ1) is 12.1. The van der Waals surface area contributed by atoms with E-state index in [-0.39, 0.29) is 5.56 Å². The second-order valence-electron chi connectivity index (χ2n) is 3.99. The molecule has 0 aromatic heterocycles. The summed E-state index contributed by atoms with van der Waals surface area (Å²) in [6, 6.07) is 6.71. The molecule has 0 saturated carbocycles. The van der Waals surface area contributed by atoms with E-state index in [2.05, 4.69) is 6.07 Å². The Morgan fingerprint density at radius 3 is 2.53 bits per heavy atom. The van der Waals surface area contributed by atoms with Crippen molar-refractivity contribution in [2.45, 2.75) is 32.9 Å². The first-order chi connectivity index (χ1) is 6.91. The van der Waals surface area contributed by atoms with Crippen LogP contribution < -0.4 is 0 Å². The number of benzene rings is 1. The van der Waals surface area contributed by atoms with E-state index < -0.39 is 11.7 Å². The van der Waals surface area contributed by atoms with Crippen molar-refractivity contribution in [2.24, 2.45) is 5.92 Å². The van der Waals surface area contributed by atoms with Gasteiger partial charge in [0.25, 0.3) is 0 Å². The minimum absolute atomic E-state index is 0.277. The molecule has 3 heteroatoms. The van der Waals surface area contributed by atoms with Gasteiger partial charge in [-0.15, -0.1) is 0 Å². The lowest BCUT2D eigenvalue weighted by atomic mass is 9.98. The number of hydrogen-bond acceptors (Lipinski definition) is 0. The first-order valence-corrected chi connectivity index (χ1v) is 4.98. The van der Waals surface area contributed by atoms with Gasteiger partial charge >= 0.3 is 6.18 Å². The molecule has 1 radical (unpaired) electrons. The van der Waals surface area contributed by atoms with E-state index in [0.29, 0.717) is 12.3 Å². The summed E-state index contributed by atoms with van der Waals surface area (Å²) in [6.45, 7) is 3.99. The third kappa shape index (κ3) is 3.57. The Bertz CT molecular complexity index is 313. The van der Waals surface area contributed by atoms with Crippen LogP contribution in [-0.2, 0) is 12.6 Å². The molecule has 1 aromatic rings. The Balaban J connectivity index is 2.87.